The van der Waals surface area contributed by atoms with E-state index < -0.39 is 0 Å². The van der Waals surface area contributed by atoms with E-state index in [0.717, 1.165) is 5.56 Å². The topological polar surface area (TPSA) is 105 Å². The molecule has 0 unspecified atom stereocenters. The summed E-state index contributed by atoms with van der Waals surface area (Å²) < 4.78 is 25.4. The van der Waals surface area contributed by atoms with Crippen molar-refractivity contribution in [2.45, 2.75) is 17.5 Å². The van der Waals surface area contributed by atoms with Gasteiger partial charge >= 0.3 is 0 Å². The third-order valence-corrected chi connectivity index (χ3v) is 4.66. The van der Waals surface area contributed by atoms with Gasteiger partial charge in [-0.05, 0) is 36.4 Å². The quantitative estimate of drug-likeness (QED) is 0.374. The van der Waals surface area contributed by atoms with Gasteiger partial charge in [-0.25, -0.2) is 9.07 Å². The molecule has 0 fully saturated rings. The molecule has 0 bridgehead atoms. The molecule has 4 rings (SSSR count). The van der Waals surface area contributed by atoms with E-state index in [2.05, 4.69) is 20.4 Å². The largest absolute Gasteiger partial charge is 0.486 e. The molecule has 0 atom stereocenters. The van der Waals surface area contributed by atoms with Crippen LogP contribution in [-0.2, 0) is 12.4 Å². The summed E-state index contributed by atoms with van der Waals surface area (Å²) in [5.74, 6) is 7.94. The van der Waals surface area contributed by atoms with Crippen molar-refractivity contribution in [1.29, 1.82) is 0 Å². The highest BCUT2D eigenvalue weighted by Crippen LogP contribution is 2.23. The van der Waals surface area contributed by atoms with Gasteiger partial charge in [-0.15, -0.1) is 20.4 Å². The summed E-state index contributed by atoms with van der Waals surface area (Å²) in [5, 5.41) is 16.6. The average Bonchev–Trinajstić information content (AvgIpc) is 3.34. The molecule has 4 aromatic rings. The zero-order chi connectivity index (χ0) is 19.3. The smallest absolute Gasteiger partial charge is 0.247 e. The number of nitrogens with zero attached hydrogens (tertiary/aromatic N) is 5. The maximum absolute atomic E-state index is 12.9. The first-order chi connectivity index (χ1) is 13.7. The molecule has 0 radical (unpaired) electrons. The van der Waals surface area contributed by atoms with Crippen LogP contribution in [0.1, 0.15) is 11.7 Å². The van der Waals surface area contributed by atoms with E-state index >= 15 is 0 Å². The number of aromatic nitrogens is 5. The number of nitrogens with two attached hydrogens (primary N) is 1. The molecule has 10 heteroatoms. The molecular formula is C18H15FN6O2S. The van der Waals surface area contributed by atoms with E-state index in [1.165, 1.54) is 40.7 Å². The molecule has 0 saturated carbocycles. The zero-order valence-corrected chi connectivity index (χ0v) is 15.3. The molecule has 0 saturated heterocycles. The van der Waals surface area contributed by atoms with Crippen LogP contribution in [0, 0.1) is 5.82 Å². The molecule has 2 aromatic carbocycles. The fourth-order valence-corrected chi connectivity index (χ4v) is 3.03. The summed E-state index contributed by atoms with van der Waals surface area (Å²) >= 11 is 1.32. The Morgan fingerprint density at radius 3 is 2.57 bits per heavy atom. The lowest BCUT2D eigenvalue weighted by Crippen LogP contribution is -2.15. The minimum absolute atomic E-state index is 0.106. The third-order valence-electron chi connectivity index (χ3n) is 3.73. The molecule has 0 aliphatic rings. The number of hydrogen-bond donors (Lipinski definition) is 1. The summed E-state index contributed by atoms with van der Waals surface area (Å²) in [7, 11) is 0. The predicted molar refractivity (Wildman–Crippen MR) is 100 cm³/mol. The number of nitrogen functional groups attached to an aromatic ring is 1. The lowest BCUT2D eigenvalue weighted by molar-refractivity contribution is 0.291. The molecule has 2 N–H and O–H groups in total. The van der Waals surface area contributed by atoms with Crippen LogP contribution >= 0.6 is 11.8 Å². The fraction of sp³-hybridized carbons (Fsp3) is 0.111. The Morgan fingerprint density at radius 2 is 1.79 bits per heavy atom. The van der Waals surface area contributed by atoms with Gasteiger partial charge < -0.3 is 15.0 Å². The van der Waals surface area contributed by atoms with Gasteiger partial charge in [0.2, 0.25) is 16.9 Å². The molecule has 2 aromatic heterocycles. The highest BCUT2D eigenvalue weighted by atomic mass is 32.2. The maximum Gasteiger partial charge on any atom is 0.247 e. The molecule has 2 heterocycles. The second-order valence-corrected chi connectivity index (χ2v) is 6.61. The molecule has 0 aliphatic heterocycles. The predicted octanol–water partition coefficient (Wildman–Crippen LogP) is 3.05. The number of hydrogen-bond acceptors (Lipinski definition) is 8. The van der Waals surface area contributed by atoms with E-state index in [4.69, 9.17) is 15.0 Å². The van der Waals surface area contributed by atoms with Crippen molar-refractivity contribution in [3.05, 3.63) is 72.1 Å². The van der Waals surface area contributed by atoms with Crippen molar-refractivity contribution in [2.24, 2.45) is 0 Å². The van der Waals surface area contributed by atoms with Crippen LogP contribution in [0.2, 0.25) is 0 Å². The fourth-order valence-electron chi connectivity index (χ4n) is 2.32. The molecule has 0 aliphatic carbocycles. The van der Waals surface area contributed by atoms with Gasteiger partial charge in [0, 0.05) is 5.56 Å². The standard InChI is InChI=1S/C18H15FN6O2S/c19-13-6-8-14(9-7-13)26-10-15-21-24-18(25(15)20)28-11-16-22-23-17(27-16)12-4-2-1-3-5-12/h1-9H,10-11,20H2. The summed E-state index contributed by atoms with van der Waals surface area (Å²) in [5.41, 5.74) is 0.855. The summed E-state index contributed by atoms with van der Waals surface area (Å²) in [6.07, 6.45) is 0. The van der Waals surface area contributed by atoms with Crippen molar-refractivity contribution in [3.63, 3.8) is 0 Å². The van der Waals surface area contributed by atoms with Crippen LogP contribution < -0.4 is 10.6 Å². The Kier molecular flexibility index (Phi) is 5.20. The summed E-state index contributed by atoms with van der Waals surface area (Å²) in [4.78, 5) is 0. The molecule has 28 heavy (non-hydrogen) atoms. The number of ether oxygens (including phenoxy) is 1. The van der Waals surface area contributed by atoms with E-state index in [-0.39, 0.29) is 12.4 Å². The van der Waals surface area contributed by atoms with Crippen LogP contribution in [0.4, 0.5) is 4.39 Å². The molecular weight excluding hydrogens is 383 g/mol. The van der Waals surface area contributed by atoms with Crippen molar-refractivity contribution < 1.29 is 13.5 Å². The van der Waals surface area contributed by atoms with E-state index in [1.807, 2.05) is 30.3 Å². The van der Waals surface area contributed by atoms with E-state index in [9.17, 15) is 4.39 Å². The number of thioether (sulfide) groups is 1. The van der Waals surface area contributed by atoms with E-state index in [1.54, 1.807) is 0 Å². The van der Waals surface area contributed by atoms with Gasteiger partial charge in [-0.3, -0.25) is 0 Å². The summed E-state index contributed by atoms with van der Waals surface area (Å²) in [6.45, 7) is 0.106. The SMILES string of the molecule is Nn1c(COc2ccc(F)cc2)nnc1SCc1nnc(-c2ccccc2)o1. The van der Waals surface area contributed by atoms with Gasteiger partial charge in [0.1, 0.15) is 18.2 Å². The zero-order valence-electron chi connectivity index (χ0n) is 14.5. The van der Waals surface area contributed by atoms with Crippen LogP contribution in [0.15, 0.2) is 64.2 Å². The van der Waals surface area contributed by atoms with Crippen LogP contribution in [-0.4, -0.2) is 25.1 Å². The van der Waals surface area contributed by atoms with Gasteiger partial charge in [0.05, 0.1) is 5.75 Å². The lowest BCUT2D eigenvalue weighted by Gasteiger charge is -2.06. The Hall–Kier alpha value is -3.40. The minimum atomic E-state index is -0.329. The van der Waals surface area contributed by atoms with Gasteiger partial charge in [-0.2, -0.15) is 0 Å². The van der Waals surface area contributed by atoms with Crippen molar-refractivity contribution >= 4 is 11.8 Å². The summed E-state index contributed by atoms with van der Waals surface area (Å²) in [6, 6.07) is 15.2. The Labute approximate surface area is 163 Å². The minimum Gasteiger partial charge on any atom is -0.486 e. The Morgan fingerprint density at radius 1 is 1.00 bits per heavy atom. The molecule has 142 valence electrons. The van der Waals surface area contributed by atoms with Crippen molar-refractivity contribution in [2.75, 3.05) is 5.84 Å². The first-order valence-electron chi connectivity index (χ1n) is 8.27. The van der Waals surface area contributed by atoms with Gasteiger partial charge in [0.25, 0.3) is 0 Å². The van der Waals surface area contributed by atoms with Crippen molar-refractivity contribution in [3.8, 4) is 17.2 Å². The van der Waals surface area contributed by atoms with E-state index in [0.29, 0.717) is 34.3 Å². The maximum atomic E-state index is 12.9. The average molecular weight is 398 g/mol. The number of benzene rings is 2. The second kappa shape index (κ2) is 8.09. The van der Waals surface area contributed by atoms with Gasteiger partial charge in [-0.1, -0.05) is 30.0 Å². The highest BCUT2D eigenvalue weighted by molar-refractivity contribution is 7.98. The Balaban J connectivity index is 1.36. The first-order valence-corrected chi connectivity index (χ1v) is 9.26. The Bertz CT molecular complexity index is 1050. The molecule has 8 nitrogen and oxygen atoms in total. The molecule has 0 spiro atoms. The monoisotopic (exact) mass is 398 g/mol. The first kappa shape index (κ1) is 18.0. The second-order valence-electron chi connectivity index (χ2n) is 5.67. The number of rotatable bonds is 7. The number of halogens is 1. The highest BCUT2D eigenvalue weighted by Gasteiger charge is 2.14. The van der Waals surface area contributed by atoms with Gasteiger partial charge in [0.15, 0.2) is 5.82 Å². The molecule has 0 amide bonds. The third kappa shape index (κ3) is 4.12. The van der Waals surface area contributed by atoms with Crippen LogP contribution in [0.3, 0.4) is 0 Å². The lowest BCUT2D eigenvalue weighted by atomic mass is 10.2. The normalized spacial score (nSPS) is 10.9. The van der Waals surface area contributed by atoms with Crippen LogP contribution in [0.5, 0.6) is 5.75 Å². The van der Waals surface area contributed by atoms with Crippen LogP contribution in [0.25, 0.3) is 11.5 Å². The van der Waals surface area contributed by atoms with Crippen molar-refractivity contribution in [1.82, 2.24) is 25.1 Å².